The fraction of sp³-hybridized carbons (Fsp3) is 0.333. The molecule has 0 atom stereocenters. The number of nitriles is 1. The number of benzene rings is 1. The van der Waals surface area contributed by atoms with Crippen molar-refractivity contribution in [2.45, 2.75) is 0 Å². The summed E-state index contributed by atoms with van der Waals surface area (Å²) in [4.78, 5) is 23.8. The molecule has 25 heavy (non-hydrogen) atoms. The third-order valence-electron chi connectivity index (χ3n) is 3.10. The van der Waals surface area contributed by atoms with Crippen LogP contribution in [-0.2, 0) is 4.79 Å². The molecule has 0 radical (unpaired) electrons. The quantitative estimate of drug-likeness (QED) is 0.248. The Morgan fingerprint density at radius 1 is 1.44 bits per heavy atom. The van der Waals surface area contributed by atoms with E-state index in [1.54, 1.807) is 6.07 Å². The smallest absolute Gasteiger partial charge is 0.273 e. The second-order valence-electron chi connectivity index (χ2n) is 4.73. The first-order chi connectivity index (χ1) is 12.0. The maximum atomic E-state index is 12.2. The summed E-state index contributed by atoms with van der Waals surface area (Å²) in [6.07, 6.45) is 1.22. The number of nitrogens with zero attached hydrogens (tertiary/aromatic N) is 3. The van der Waals surface area contributed by atoms with Crippen molar-refractivity contribution in [2.24, 2.45) is 0 Å². The van der Waals surface area contributed by atoms with E-state index in [1.807, 2.05) is 0 Å². The van der Waals surface area contributed by atoms with Crippen LogP contribution < -0.4 is 10.1 Å². The van der Waals surface area contributed by atoms with Crippen molar-refractivity contribution in [1.82, 2.24) is 4.90 Å². The second-order valence-corrected chi connectivity index (χ2v) is 4.73. The molecule has 134 valence electrons. The molecule has 1 aromatic rings. The predicted octanol–water partition coefficient (Wildman–Crippen LogP) is 0.236. The monoisotopic (exact) mass is 350 g/mol. The molecule has 0 spiro atoms. The van der Waals surface area contributed by atoms with E-state index in [-0.39, 0.29) is 49.0 Å². The summed E-state index contributed by atoms with van der Waals surface area (Å²) in [6.45, 7) is -0.153. The van der Waals surface area contributed by atoms with Crippen molar-refractivity contribution in [3.63, 3.8) is 0 Å². The fourth-order valence-corrected chi connectivity index (χ4v) is 1.91. The molecule has 0 saturated carbocycles. The van der Waals surface area contributed by atoms with Gasteiger partial charge in [-0.3, -0.25) is 14.9 Å². The summed E-state index contributed by atoms with van der Waals surface area (Å²) in [5.41, 5.74) is -0.305. The lowest BCUT2D eigenvalue weighted by molar-refractivity contribution is -0.384. The molecule has 0 fully saturated rings. The van der Waals surface area contributed by atoms with Crippen molar-refractivity contribution >= 4 is 17.3 Å². The Hall–Kier alpha value is -3.16. The van der Waals surface area contributed by atoms with Gasteiger partial charge >= 0.3 is 0 Å². The first kappa shape index (κ1) is 19.9. The molecule has 0 aliphatic carbocycles. The van der Waals surface area contributed by atoms with Crippen LogP contribution in [0.2, 0.25) is 0 Å². The average molecular weight is 350 g/mol. The Bertz CT molecular complexity index is 692. The van der Waals surface area contributed by atoms with Crippen LogP contribution in [0, 0.1) is 21.4 Å². The molecule has 1 aromatic carbocycles. The number of carbonyl (C=O) groups is 1. The summed E-state index contributed by atoms with van der Waals surface area (Å²) in [7, 11) is 1.29. The zero-order chi connectivity index (χ0) is 18.8. The molecule has 0 aromatic heterocycles. The van der Waals surface area contributed by atoms with Gasteiger partial charge < -0.3 is 25.2 Å². The molecule has 0 unspecified atom stereocenters. The maximum absolute atomic E-state index is 12.2. The Labute approximate surface area is 143 Å². The third-order valence-corrected chi connectivity index (χ3v) is 3.10. The van der Waals surface area contributed by atoms with E-state index in [2.05, 4.69) is 5.32 Å². The van der Waals surface area contributed by atoms with Crippen LogP contribution in [0.25, 0.3) is 0 Å². The Morgan fingerprint density at radius 2 is 2.08 bits per heavy atom. The Kier molecular flexibility index (Phi) is 7.85. The molecular weight excluding hydrogens is 332 g/mol. The number of ether oxygens (including phenoxy) is 1. The van der Waals surface area contributed by atoms with Gasteiger partial charge in [0.1, 0.15) is 17.4 Å². The summed E-state index contributed by atoms with van der Waals surface area (Å²) in [5.74, 6) is -0.682. The molecule has 10 heteroatoms. The van der Waals surface area contributed by atoms with Crippen molar-refractivity contribution in [1.29, 1.82) is 5.26 Å². The number of nitro groups is 1. The van der Waals surface area contributed by atoms with Crippen LogP contribution in [0.5, 0.6) is 5.75 Å². The van der Waals surface area contributed by atoms with Gasteiger partial charge in [0.2, 0.25) is 0 Å². The normalized spacial score (nSPS) is 10.7. The molecule has 0 heterocycles. The van der Waals surface area contributed by atoms with Gasteiger partial charge in [0.25, 0.3) is 11.6 Å². The van der Waals surface area contributed by atoms with Gasteiger partial charge in [-0.1, -0.05) is 0 Å². The number of aliphatic hydroxyl groups excluding tert-OH is 2. The number of rotatable bonds is 9. The van der Waals surface area contributed by atoms with Crippen molar-refractivity contribution in [2.75, 3.05) is 38.7 Å². The SMILES string of the molecule is COc1cc([N+](=O)[O-])ccc1NC(=O)/C(C#N)=C\N(CCO)CCO. The summed E-state index contributed by atoms with van der Waals surface area (Å²) in [6, 6.07) is 5.37. The topological polar surface area (TPSA) is 149 Å². The average Bonchev–Trinajstić information content (AvgIpc) is 2.59. The number of carbonyl (C=O) groups excluding carboxylic acids is 1. The number of nitrogens with one attached hydrogen (secondary N) is 1. The molecular formula is C15H18N4O6. The van der Waals surface area contributed by atoms with E-state index in [4.69, 9.17) is 20.2 Å². The molecule has 1 amide bonds. The molecule has 1 rings (SSSR count). The van der Waals surface area contributed by atoms with Gasteiger partial charge in [-0.15, -0.1) is 0 Å². The van der Waals surface area contributed by atoms with Gasteiger partial charge in [0, 0.05) is 25.4 Å². The lowest BCUT2D eigenvalue weighted by Crippen LogP contribution is -2.26. The zero-order valence-corrected chi connectivity index (χ0v) is 13.5. The predicted molar refractivity (Wildman–Crippen MR) is 87.7 cm³/mol. The number of hydrogen-bond acceptors (Lipinski definition) is 8. The van der Waals surface area contributed by atoms with Crippen LogP contribution in [0.1, 0.15) is 0 Å². The van der Waals surface area contributed by atoms with Gasteiger partial charge in [0.15, 0.2) is 0 Å². The van der Waals surface area contributed by atoms with Gasteiger partial charge in [-0.2, -0.15) is 5.26 Å². The zero-order valence-electron chi connectivity index (χ0n) is 13.5. The highest BCUT2D eigenvalue weighted by Gasteiger charge is 2.16. The van der Waals surface area contributed by atoms with Crippen molar-refractivity contribution < 1.29 is 24.7 Å². The van der Waals surface area contributed by atoms with E-state index < -0.39 is 10.8 Å². The van der Waals surface area contributed by atoms with Crippen molar-refractivity contribution in [3.8, 4) is 11.8 Å². The largest absolute Gasteiger partial charge is 0.494 e. The molecule has 0 aliphatic rings. The Morgan fingerprint density at radius 3 is 2.56 bits per heavy atom. The van der Waals surface area contributed by atoms with E-state index in [9.17, 15) is 14.9 Å². The Balaban J connectivity index is 3.02. The van der Waals surface area contributed by atoms with E-state index in [1.165, 1.54) is 30.3 Å². The first-order valence-corrected chi connectivity index (χ1v) is 7.18. The number of nitro benzene ring substituents is 1. The standard InChI is InChI=1S/C15H18N4O6/c1-25-14-8-12(19(23)24)2-3-13(14)17-15(22)11(9-16)10-18(4-6-20)5-7-21/h2-3,8,10,20-21H,4-7H2,1H3,(H,17,22)/b11-10-. The minimum absolute atomic E-state index is 0.0717. The minimum atomic E-state index is -0.754. The van der Waals surface area contributed by atoms with Gasteiger partial charge in [0.05, 0.1) is 37.0 Å². The van der Waals surface area contributed by atoms with Crippen LogP contribution in [0.4, 0.5) is 11.4 Å². The van der Waals surface area contributed by atoms with Crippen LogP contribution in [-0.4, -0.2) is 59.4 Å². The van der Waals surface area contributed by atoms with E-state index in [0.29, 0.717) is 0 Å². The highest BCUT2D eigenvalue weighted by atomic mass is 16.6. The summed E-state index contributed by atoms with van der Waals surface area (Å²) >= 11 is 0. The van der Waals surface area contributed by atoms with Gasteiger partial charge in [-0.25, -0.2) is 0 Å². The lowest BCUT2D eigenvalue weighted by atomic mass is 10.2. The van der Waals surface area contributed by atoms with Crippen LogP contribution >= 0.6 is 0 Å². The number of non-ortho nitro benzene ring substituents is 1. The molecule has 0 aliphatic heterocycles. The van der Waals surface area contributed by atoms with Crippen molar-refractivity contribution in [3.05, 3.63) is 40.1 Å². The highest BCUT2D eigenvalue weighted by molar-refractivity contribution is 6.07. The molecule has 3 N–H and O–H groups in total. The maximum Gasteiger partial charge on any atom is 0.273 e. The number of amides is 1. The minimum Gasteiger partial charge on any atom is -0.494 e. The van der Waals surface area contributed by atoms with Crippen LogP contribution in [0.15, 0.2) is 30.0 Å². The lowest BCUT2D eigenvalue weighted by Gasteiger charge is -2.18. The fourth-order valence-electron chi connectivity index (χ4n) is 1.91. The summed E-state index contributed by atoms with van der Waals surface area (Å²) in [5, 5.41) is 40.3. The number of anilines is 1. The number of hydrogen-bond donors (Lipinski definition) is 3. The highest BCUT2D eigenvalue weighted by Crippen LogP contribution is 2.29. The van der Waals surface area contributed by atoms with Gasteiger partial charge in [-0.05, 0) is 6.07 Å². The van der Waals surface area contributed by atoms with Crippen LogP contribution in [0.3, 0.4) is 0 Å². The first-order valence-electron chi connectivity index (χ1n) is 7.18. The second kappa shape index (κ2) is 9.86. The molecule has 0 bridgehead atoms. The molecule has 10 nitrogen and oxygen atoms in total. The van der Waals surface area contributed by atoms with E-state index >= 15 is 0 Å². The number of methoxy groups -OCH3 is 1. The number of aliphatic hydroxyl groups is 2. The molecule has 0 saturated heterocycles. The summed E-state index contributed by atoms with van der Waals surface area (Å²) < 4.78 is 5.01. The van der Waals surface area contributed by atoms with E-state index in [0.717, 1.165) is 6.07 Å². The third kappa shape index (κ3) is 5.76.